The number of hydrogen-bond acceptors (Lipinski definition) is 3. The van der Waals surface area contributed by atoms with E-state index in [0.717, 1.165) is 5.56 Å². The second kappa shape index (κ2) is 6.48. The normalized spacial score (nSPS) is 9.80. The maximum Gasteiger partial charge on any atom is 0.174 e. The van der Waals surface area contributed by atoms with Gasteiger partial charge in [-0.3, -0.25) is 4.79 Å². The molecule has 0 aromatic heterocycles. The number of ketones is 1. The Labute approximate surface area is 116 Å². The Morgan fingerprint density at radius 1 is 1.15 bits per heavy atom. The van der Waals surface area contributed by atoms with Crippen molar-refractivity contribution in [3.63, 3.8) is 0 Å². The first-order valence-corrected chi connectivity index (χ1v) is 6.07. The van der Waals surface area contributed by atoms with Gasteiger partial charge in [-0.15, -0.1) is 0 Å². The molecule has 0 bridgehead atoms. The van der Waals surface area contributed by atoms with E-state index >= 15 is 0 Å². The van der Waals surface area contributed by atoms with Gasteiger partial charge in [-0.2, -0.15) is 5.26 Å². The molecular formula is C16H12FNO2. The first-order valence-electron chi connectivity index (χ1n) is 6.07. The van der Waals surface area contributed by atoms with Crippen molar-refractivity contribution in [2.45, 2.75) is 6.42 Å². The van der Waals surface area contributed by atoms with Crippen LogP contribution in [0.15, 0.2) is 48.5 Å². The second-order valence-electron chi connectivity index (χ2n) is 4.24. The van der Waals surface area contributed by atoms with Gasteiger partial charge in [-0.25, -0.2) is 4.39 Å². The third-order valence-corrected chi connectivity index (χ3v) is 2.71. The van der Waals surface area contributed by atoms with Crippen molar-refractivity contribution < 1.29 is 13.9 Å². The quantitative estimate of drug-likeness (QED) is 0.838. The van der Waals surface area contributed by atoms with Crippen LogP contribution in [-0.4, -0.2) is 12.4 Å². The summed E-state index contributed by atoms with van der Waals surface area (Å²) < 4.78 is 18.1. The molecule has 0 aliphatic rings. The van der Waals surface area contributed by atoms with Crippen LogP contribution in [0.1, 0.15) is 11.1 Å². The molecule has 2 aromatic carbocycles. The van der Waals surface area contributed by atoms with Crippen LogP contribution >= 0.6 is 0 Å². The summed E-state index contributed by atoms with van der Waals surface area (Å²) in [6.07, 6.45) is 0.176. The first-order chi connectivity index (χ1) is 9.69. The Morgan fingerprint density at radius 3 is 2.55 bits per heavy atom. The SMILES string of the molecule is N#Cc1ccccc1OCC(=O)Cc1ccc(F)cc1. The van der Waals surface area contributed by atoms with E-state index in [1.165, 1.54) is 12.1 Å². The Bertz CT molecular complexity index is 644. The fourth-order valence-electron chi connectivity index (χ4n) is 1.72. The van der Waals surface area contributed by atoms with Crippen molar-refractivity contribution >= 4 is 5.78 Å². The van der Waals surface area contributed by atoms with Gasteiger partial charge in [-0.1, -0.05) is 24.3 Å². The third-order valence-electron chi connectivity index (χ3n) is 2.71. The number of benzene rings is 2. The number of ether oxygens (including phenoxy) is 1. The molecule has 0 unspecified atom stereocenters. The van der Waals surface area contributed by atoms with Gasteiger partial charge in [0, 0.05) is 6.42 Å². The molecule has 0 fully saturated rings. The highest BCUT2D eigenvalue weighted by Crippen LogP contribution is 2.16. The Balaban J connectivity index is 1.92. The lowest BCUT2D eigenvalue weighted by atomic mass is 10.1. The van der Waals surface area contributed by atoms with E-state index in [1.807, 2.05) is 6.07 Å². The fraction of sp³-hybridized carbons (Fsp3) is 0.125. The van der Waals surface area contributed by atoms with Crippen molar-refractivity contribution in [2.75, 3.05) is 6.61 Å². The maximum atomic E-state index is 12.7. The molecule has 0 amide bonds. The van der Waals surface area contributed by atoms with Gasteiger partial charge in [0.15, 0.2) is 5.78 Å². The van der Waals surface area contributed by atoms with Crippen LogP contribution in [0.5, 0.6) is 5.75 Å². The molecule has 3 nitrogen and oxygen atoms in total. The van der Waals surface area contributed by atoms with E-state index in [-0.39, 0.29) is 24.6 Å². The van der Waals surface area contributed by atoms with E-state index in [2.05, 4.69) is 0 Å². The summed E-state index contributed by atoms with van der Waals surface area (Å²) in [5, 5.41) is 8.89. The number of Topliss-reactive ketones (excluding diaryl/α,β-unsaturated/α-hetero) is 1. The lowest BCUT2D eigenvalue weighted by Gasteiger charge is -2.07. The van der Waals surface area contributed by atoms with E-state index < -0.39 is 0 Å². The van der Waals surface area contributed by atoms with Crippen LogP contribution in [0.25, 0.3) is 0 Å². The molecule has 0 aliphatic carbocycles. The van der Waals surface area contributed by atoms with Gasteiger partial charge in [0.25, 0.3) is 0 Å². The molecule has 0 saturated carbocycles. The van der Waals surface area contributed by atoms with Crippen molar-refractivity contribution in [1.29, 1.82) is 5.26 Å². The van der Waals surface area contributed by atoms with Crippen LogP contribution in [0.2, 0.25) is 0 Å². The minimum Gasteiger partial charge on any atom is -0.484 e. The van der Waals surface area contributed by atoms with Crippen LogP contribution in [0.4, 0.5) is 4.39 Å². The lowest BCUT2D eigenvalue weighted by Crippen LogP contribution is -2.14. The molecule has 100 valence electrons. The van der Waals surface area contributed by atoms with Gasteiger partial charge in [-0.05, 0) is 29.8 Å². The number of carbonyl (C=O) groups is 1. The zero-order chi connectivity index (χ0) is 14.4. The Kier molecular flexibility index (Phi) is 4.46. The molecule has 0 aliphatic heterocycles. The molecule has 20 heavy (non-hydrogen) atoms. The van der Waals surface area contributed by atoms with Crippen molar-refractivity contribution in [3.05, 3.63) is 65.5 Å². The van der Waals surface area contributed by atoms with E-state index in [4.69, 9.17) is 10.00 Å². The number of rotatable bonds is 5. The fourth-order valence-corrected chi connectivity index (χ4v) is 1.72. The number of para-hydroxylation sites is 1. The Hall–Kier alpha value is -2.67. The summed E-state index contributed by atoms with van der Waals surface area (Å²) in [4.78, 5) is 11.8. The number of nitriles is 1. The summed E-state index contributed by atoms with van der Waals surface area (Å²) in [6, 6.07) is 14.5. The van der Waals surface area contributed by atoms with E-state index in [1.54, 1.807) is 36.4 Å². The first kappa shape index (κ1) is 13.8. The van der Waals surface area contributed by atoms with Crippen LogP contribution in [-0.2, 0) is 11.2 Å². The van der Waals surface area contributed by atoms with Crippen LogP contribution in [0, 0.1) is 17.1 Å². The van der Waals surface area contributed by atoms with Gasteiger partial charge >= 0.3 is 0 Å². The smallest absolute Gasteiger partial charge is 0.174 e. The lowest BCUT2D eigenvalue weighted by molar-refractivity contribution is -0.120. The zero-order valence-corrected chi connectivity index (χ0v) is 10.7. The molecular weight excluding hydrogens is 257 g/mol. The molecule has 2 rings (SSSR count). The zero-order valence-electron chi connectivity index (χ0n) is 10.7. The summed E-state index contributed by atoms with van der Waals surface area (Å²) in [5.41, 5.74) is 1.12. The Morgan fingerprint density at radius 2 is 1.85 bits per heavy atom. The summed E-state index contributed by atoms with van der Waals surface area (Å²) >= 11 is 0. The highest BCUT2D eigenvalue weighted by atomic mass is 19.1. The molecule has 0 heterocycles. The van der Waals surface area contributed by atoms with Gasteiger partial charge in [0.05, 0.1) is 5.56 Å². The van der Waals surface area contributed by atoms with Crippen molar-refractivity contribution in [2.24, 2.45) is 0 Å². The number of hydrogen-bond donors (Lipinski definition) is 0. The maximum absolute atomic E-state index is 12.7. The average molecular weight is 269 g/mol. The number of nitrogens with zero attached hydrogens (tertiary/aromatic N) is 1. The van der Waals surface area contributed by atoms with Crippen LogP contribution < -0.4 is 4.74 Å². The third kappa shape index (κ3) is 3.66. The molecule has 4 heteroatoms. The average Bonchev–Trinajstić information content (AvgIpc) is 2.48. The summed E-state index contributed by atoms with van der Waals surface area (Å²) in [5.74, 6) is -0.0767. The summed E-state index contributed by atoms with van der Waals surface area (Å²) in [7, 11) is 0. The minimum absolute atomic E-state index is 0.115. The van der Waals surface area contributed by atoms with Gasteiger partial charge < -0.3 is 4.74 Å². The largest absolute Gasteiger partial charge is 0.484 e. The predicted molar refractivity (Wildman–Crippen MR) is 71.8 cm³/mol. The highest BCUT2D eigenvalue weighted by Gasteiger charge is 2.07. The molecule has 0 saturated heterocycles. The summed E-state index contributed by atoms with van der Waals surface area (Å²) in [6.45, 7) is -0.115. The van der Waals surface area contributed by atoms with E-state index in [0.29, 0.717) is 11.3 Å². The van der Waals surface area contributed by atoms with Crippen molar-refractivity contribution in [3.8, 4) is 11.8 Å². The number of carbonyl (C=O) groups excluding carboxylic acids is 1. The molecule has 0 radical (unpaired) electrons. The van der Waals surface area contributed by atoms with Gasteiger partial charge in [0.1, 0.15) is 24.2 Å². The standard InChI is InChI=1S/C16H12FNO2/c17-14-7-5-12(6-8-14)9-15(19)11-20-16-4-2-1-3-13(16)10-18/h1-8H,9,11H2. The minimum atomic E-state index is -0.333. The molecule has 0 spiro atoms. The van der Waals surface area contributed by atoms with Gasteiger partial charge in [0.2, 0.25) is 0 Å². The predicted octanol–water partition coefficient (Wildman–Crippen LogP) is 2.89. The topological polar surface area (TPSA) is 50.1 Å². The molecule has 0 atom stereocenters. The number of halogens is 1. The van der Waals surface area contributed by atoms with Crippen LogP contribution in [0.3, 0.4) is 0 Å². The second-order valence-corrected chi connectivity index (χ2v) is 4.24. The van der Waals surface area contributed by atoms with E-state index in [9.17, 15) is 9.18 Å². The van der Waals surface area contributed by atoms with Crippen molar-refractivity contribution in [1.82, 2.24) is 0 Å². The molecule has 0 N–H and O–H groups in total. The molecule has 2 aromatic rings. The monoisotopic (exact) mass is 269 g/mol. The highest BCUT2D eigenvalue weighted by molar-refractivity contribution is 5.82.